The minimum absolute atomic E-state index is 0.0247. The highest BCUT2D eigenvalue weighted by atomic mass is 19.2. The summed E-state index contributed by atoms with van der Waals surface area (Å²) in [6, 6.07) is 22.2. The molecule has 3 aliphatic heterocycles. The largest absolute Gasteiger partial charge is 0.677 e. The molecule has 19 heteroatoms. The number of nitrogens with one attached hydrogen (secondary N) is 6. The van der Waals surface area contributed by atoms with Crippen LogP contribution in [-0.2, 0) is 14.4 Å². The number of aromatic amines is 1. The summed E-state index contributed by atoms with van der Waals surface area (Å²) in [5.74, 6) is 1.13. The molecule has 1 atom stereocenters. The maximum atomic E-state index is 13.5. The fraction of sp³-hybridized carbons (Fsp3) is 0.426. The summed E-state index contributed by atoms with van der Waals surface area (Å²) in [7, 11) is 1.57. The Morgan fingerprint density at radius 2 is 1.52 bits per heavy atom. The van der Waals surface area contributed by atoms with Crippen LogP contribution in [0.25, 0.3) is 28.5 Å². The van der Waals surface area contributed by atoms with Gasteiger partial charge in [0.25, 0.3) is 5.91 Å². The third-order valence-corrected chi connectivity index (χ3v) is 13.6. The minimum atomic E-state index is -2.63. The Morgan fingerprint density at radius 1 is 0.808 bits per heavy atom. The zero-order valence-electron chi connectivity index (χ0n) is 42.5. The van der Waals surface area contributed by atoms with Crippen LogP contribution in [0.15, 0.2) is 89.6 Å². The van der Waals surface area contributed by atoms with Crippen molar-refractivity contribution in [3.63, 3.8) is 0 Å². The lowest BCUT2D eigenvalue weighted by atomic mass is 10.1. The predicted octanol–water partition coefficient (Wildman–Crippen LogP) is 7.54. The molecule has 0 aliphatic carbocycles. The minimum Gasteiger partial charge on any atom is -0.484 e. The van der Waals surface area contributed by atoms with Crippen LogP contribution in [0.4, 0.5) is 25.7 Å². The number of hydrogen-bond acceptors (Lipinski definition) is 11. The number of H-pyrrole nitrogens is 1. The fourth-order valence-electron chi connectivity index (χ4n) is 9.36. The van der Waals surface area contributed by atoms with Crippen LogP contribution in [-0.4, -0.2) is 135 Å². The van der Waals surface area contributed by atoms with Gasteiger partial charge in [0.1, 0.15) is 17.7 Å². The number of unbranched alkanes of at least 4 members (excludes halogenated alkanes) is 2. The van der Waals surface area contributed by atoms with Gasteiger partial charge in [-0.1, -0.05) is 12.5 Å². The first kappa shape index (κ1) is 52.3. The number of benzene rings is 3. The predicted molar refractivity (Wildman–Crippen MR) is 288 cm³/mol. The summed E-state index contributed by atoms with van der Waals surface area (Å²) in [6.07, 6.45) is 10.3. The third-order valence-electron chi connectivity index (χ3n) is 13.6. The van der Waals surface area contributed by atoms with Gasteiger partial charge >= 0.3 is 7.40 Å². The molecule has 16 nitrogen and oxygen atoms in total. The van der Waals surface area contributed by atoms with Gasteiger partial charge in [-0.2, -0.15) is 0 Å². The van der Waals surface area contributed by atoms with E-state index in [9.17, 15) is 23.0 Å². The van der Waals surface area contributed by atoms with Crippen molar-refractivity contribution in [2.24, 2.45) is 4.99 Å². The molecule has 5 heterocycles. The van der Waals surface area contributed by atoms with E-state index in [4.69, 9.17) is 9.72 Å². The maximum absolute atomic E-state index is 13.5. The summed E-state index contributed by atoms with van der Waals surface area (Å²) in [6.45, 7) is 10.9. The molecule has 1 fully saturated rings. The van der Waals surface area contributed by atoms with Crippen LogP contribution < -0.4 is 36.2 Å². The molecule has 0 saturated carbocycles. The van der Waals surface area contributed by atoms with Crippen LogP contribution in [0.5, 0.6) is 5.75 Å². The van der Waals surface area contributed by atoms with Crippen LogP contribution in [0.2, 0.25) is 0 Å². The Morgan fingerprint density at radius 3 is 2.27 bits per heavy atom. The Balaban J connectivity index is 0.628. The standard InChI is InChI=1S/C54H69BF2N12O4/c1-37-32-38(2)69(55(56)57)49(37)34-42-15-14-41(61-42)16-22-51(71)58-23-7-5-6-10-50(70)59-24-8-26-66(3)27-9-25-60-52(72)36-73-44-18-11-39(12-19-44)53-62-45-20-13-40(33-47(45)64-53)54-63-46-21-17-43(35-48(46)65-54)68-30-28-67(4)29-31-68/h11-15,17-21,32-35,54,63,65H,5-10,16,22-31,36H2,1-4H3,(H,58,71)(H,59,70)(H,60,72)(H,62,64)/b42-34-. The smallest absolute Gasteiger partial charge is 0.484 e. The molecule has 1 saturated heterocycles. The van der Waals surface area contributed by atoms with E-state index in [0.29, 0.717) is 55.3 Å². The van der Waals surface area contributed by atoms with Gasteiger partial charge in [0.2, 0.25) is 11.8 Å². The van der Waals surface area contributed by atoms with Crippen LogP contribution in [0, 0.1) is 13.8 Å². The number of carbonyl (C=O) groups excluding carboxylic acids is 3. The summed E-state index contributed by atoms with van der Waals surface area (Å²) in [5, 5.41) is 16.1. The molecule has 1 unspecified atom stereocenters. The fourth-order valence-corrected chi connectivity index (χ4v) is 9.36. The van der Waals surface area contributed by atoms with E-state index in [1.54, 1.807) is 32.1 Å². The second-order valence-corrected chi connectivity index (χ2v) is 19.3. The van der Waals surface area contributed by atoms with Crippen molar-refractivity contribution >= 4 is 65.0 Å². The lowest BCUT2D eigenvalue weighted by Gasteiger charge is -2.34. The second-order valence-electron chi connectivity index (χ2n) is 19.3. The summed E-state index contributed by atoms with van der Waals surface area (Å²) < 4.78 is 33.9. The Kier molecular flexibility index (Phi) is 18.0. The van der Waals surface area contributed by atoms with Gasteiger partial charge in [0, 0.05) is 87.0 Å². The quantitative estimate of drug-likeness (QED) is 0.0253. The van der Waals surface area contributed by atoms with Gasteiger partial charge in [0.05, 0.1) is 28.1 Å². The number of halogens is 2. The highest BCUT2D eigenvalue weighted by Gasteiger charge is 2.25. The van der Waals surface area contributed by atoms with Gasteiger partial charge in [-0.3, -0.25) is 28.0 Å². The number of allylic oxidation sites excluding steroid dienone is 2. The summed E-state index contributed by atoms with van der Waals surface area (Å²) in [4.78, 5) is 57.1. The molecule has 0 spiro atoms. The van der Waals surface area contributed by atoms with Crippen molar-refractivity contribution in [1.82, 2.24) is 40.2 Å². The zero-order valence-corrected chi connectivity index (χ0v) is 42.5. The van der Waals surface area contributed by atoms with E-state index < -0.39 is 7.40 Å². The highest BCUT2D eigenvalue weighted by molar-refractivity contribution is 6.41. The van der Waals surface area contributed by atoms with Gasteiger partial charge in [-0.25, -0.2) is 4.98 Å². The van der Waals surface area contributed by atoms with E-state index >= 15 is 0 Å². The molecule has 3 aliphatic rings. The number of aliphatic imine (C=N–C) groups is 1. The molecule has 0 bridgehead atoms. The van der Waals surface area contributed by atoms with E-state index in [1.165, 1.54) is 5.69 Å². The van der Waals surface area contributed by atoms with Crippen LogP contribution in [0.1, 0.15) is 80.0 Å². The number of amides is 3. The molecule has 8 rings (SSSR count). The lowest BCUT2D eigenvalue weighted by Crippen LogP contribution is -2.44. The zero-order chi connectivity index (χ0) is 51.3. The number of hydrogen-bond donors (Lipinski definition) is 6. The number of carbonyl (C=O) groups is 3. The Hall–Kier alpha value is -6.99. The van der Waals surface area contributed by atoms with E-state index in [-0.39, 0.29) is 36.9 Å². The number of aromatic nitrogens is 3. The van der Waals surface area contributed by atoms with Gasteiger partial charge in [-0.05, 0) is 163 Å². The number of fused-ring (bicyclic) bond motifs is 2. The number of piperazine rings is 1. The third kappa shape index (κ3) is 14.6. The highest BCUT2D eigenvalue weighted by Crippen LogP contribution is 2.39. The summed E-state index contributed by atoms with van der Waals surface area (Å²) in [5.41, 5.74) is 10.3. The van der Waals surface area contributed by atoms with E-state index in [1.807, 2.05) is 37.4 Å². The molecule has 3 aromatic carbocycles. The average molecular weight is 999 g/mol. The Labute approximate surface area is 427 Å². The number of nitrogens with zero attached hydrogens (tertiary/aromatic N) is 6. The number of rotatable bonds is 25. The van der Waals surface area contributed by atoms with Crippen LogP contribution in [0.3, 0.4) is 0 Å². The van der Waals surface area contributed by atoms with Crippen molar-refractivity contribution in [2.45, 2.75) is 71.4 Å². The van der Waals surface area contributed by atoms with Gasteiger partial charge in [0.15, 0.2) is 6.61 Å². The van der Waals surface area contributed by atoms with Crippen molar-refractivity contribution in [2.75, 3.05) is 95.1 Å². The number of aryl methyl sites for hydroxylation is 2. The SMILES string of the molecule is Cc1cc(C)n(B(F)F)c1/C=C1/C=CC(CCC(=O)NCCCCCC(=O)NCCCN(C)CCCNC(=O)COc2ccc(-c3nc4cc(C5Nc6ccc(N7CCN(C)CC7)cc6N5)ccc4[nH]3)cc2)=N1. The topological polar surface area (TPSA) is 176 Å². The molecular weight excluding hydrogens is 929 g/mol. The molecule has 5 aromatic rings. The molecule has 0 radical (unpaired) electrons. The average Bonchev–Trinajstić information content (AvgIpc) is 4.19. The molecule has 2 aromatic heterocycles. The first-order valence-corrected chi connectivity index (χ1v) is 25.6. The molecular formula is C54H69BF2N12O4. The lowest BCUT2D eigenvalue weighted by molar-refractivity contribution is -0.123. The van der Waals surface area contributed by atoms with Crippen molar-refractivity contribution < 1.29 is 27.8 Å². The first-order valence-electron chi connectivity index (χ1n) is 25.6. The van der Waals surface area contributed by atoms with E-state index in [0.717, 1.165) is 126 Å². The molecule has 6 N–H and O–H groups in total. The van der Waals surface area contributed by atoms with Gasteiger partial charge in [-0.15, -0.1) is 0 Å². The molecule has 73 heavy (non-hydrogen) atoms. The molecule has 3 amide bonds. The normalized spacial score (nSPS) is 15.9. The first-order chi connectivity index (χ1) is 35.3. The van der Waals surface area contributed by atoms with Crippen molar-refractivity contribution in [1.29, 1.82) is 0 Å². The number of ether oxygens (including phenoxy) is 1. The van der Waals surface area contributed by atoms with Crippen molar-refractivity contribution in [3.8, 4) is 17.1 Å². The number of anilines is 3. The van der Waals surface area contributed by atoms with E-state index in [2.05, 4.69) is 94.7 Å². The molecule has 386 valence electrons. The number of imidazole rings is 1. The van der Waals surface area contributed by atoms with Crippen molar-refractivity contribution in [3.05, 3.63) is 107 Å². The second kappa shape index (κ2) is 25.1. The monoisotopic (exact) mass is 999 g/mol. The number of likely N-dealkylation sites (N-methyl/N-ethyl adjacent to an activating group) is 1. The Bertz CT molecular complexity index is 2800. The summed E-state index contributed by atoms with van der Waals surface area (Å²) >= 11 is 0. The van der Waals surface area contributed by atoms with Crippen LogP contribution >= 0.6 is 0 Å². The maximum Gasteiger partial charge on any atom is 0.677 e. The van der Waals surface area contributed by atoms with Gasteiger partial charge < -0.3 is 55.5 Å².